The number of benzene rings is 1. The Balaban J connectivity index is 1.93. The summed E-state index contributed by atoms with van der Waals surface area (Å²) in [6.07, 6.45) is 4.17. The van der Waals surface area contributed by atoms with Crippen molar-refractivity contribution >= 4 is 0 Å². The molecule has 1 fully saturated rings. The molecule has 2 unspecified atom stereocenters. The van der Waals surface area contributed by atoms with Crippen LogP contribution in [-0.2, 0) is 0 Å². The Morgan fingerprint density at radius 3 is 2.42 bits per heavy atom. The summed E-state index contributed by atoms with van der Waals surface area (Å²) in [5.41, 5.74) is 7.56. The minimum atomic E-state index is 0.0518. The van der Waals surface area contributed by atoms with Crippen molar-refractivity contribution in [1.29, 1.82) is 0 Å². The van der Waals surface area contributed by atoms with Gasteiger partial charge >= 0.3 is 0 Å². The third-order valence-corrected chi connectivity index (χ3v) is 4.49. The predicted octanol–water partition coefficient (Wildman–Crippen LogP) is 2.82. The van der Waals surface area contributed by atoms with Crippen molar-refractivity contribution in [2.45, 2.75) is 38.3 Å². The van der Waals surface area contributed by atoms with Gasteiger partial charge in [0, 0.05) is 18.6 Å². The topological polar surface area (TPSA) is 38.5 Å². The molecule has 106 valence electrons. The quantitative estimate of drug-likeness (QED) is 0.856. The van der Waals surface area contributed by atoms with Crippen LogP contribution >= 0.6 is 0 Å². The van der Waals surface area contributed by atoms with Crippen molar-refractivity contribution in [1.82, 2.24) is 4.90 Å². The van der Waals surface area contributed by atoms with Crippen LogP contribution in [0.5, 0.6) is 5.75 Å². The fourth-order valence-electron chi connectivity index (χ4n) is 2.63. The number of rotatable bonds is 6. The summed E-state index contributed by atoms with van der Waals surface area (Å²) in [5, 5.41) is 0. The van der Waals surface area contributed by atoms with Crippen molar-refractivity contribution in [3.05, 3.63) is 29.8 Å². The second-order valence-electron chi connectivity index (χ2n) is 5.78. The van der Waals surface area contributed by atoms with E-state index < -0.39 is 0 Å². The molecule has 0 bridgehead atoms. The van der Waals surface area contributed by atoms with Gasteiger partial charge in [-0.2, -0.15) is 0 Å². The maximum Gasteiger partial charge on any atom is 0.118 e. The van der Waals surface area contributed by atoms with Gasteiger partial charge in [0.2, 0.25) is 0 Å². The van der Waals surface area contributed by atoms with E-state index in [-0.39, 0.29) is 6.04 Å². The zero-order chi connectivity index (χ0) is 13.8. The van der Waals surface area contributed by atoms with Crippen molar-refractivity contribution in [2.75, 3.05) is 20.7 Å². The second-order valence-corrected chi connectivity index (χ2v) is 5.78. The Bertz CT molecular complexity index is 386. The van der Waals surface area contributed by atoms with Gasteiger partial charge in [0.1, 0.15) is 5.75 Å². The predicted molar refractivity (Wildman–Crippen MR) is 79.4 cm³/mol. The number of hydrogen-bond acceptors (Lipinski definition) is 3. The van der Waals surface area contributed by atoms with Gasteiger partial charge in [0.15, 0.2) is 0 Å². The van der Waals surface area contributed by atoms with Crippen LogP contribution < -0.4 is 10.5 Å². The molecule has 3 heteroatoms. The fourth-order valence-corrected chi connectivity index (χ4v) is 2.63. The molecule has 0 heterocycles. The highest BCUT2D eigenvalue weighted by molar-refractivity contribution is 5.29. The molecule has 0 amide bonds. The SMILES string of the molecule is COc1ccc(C(N)C(C)N(C)CC2CCC2)cc1. The average Bonchev–Trinajstić information content (AvgIpc) is 2.41. The number of methoxy groups -OCH3 is 1. The van der Waals surface area contributed by atoms with Gasteiger partial charge in [-0.1, -0.05) is 18.6 Å². The molecule has 0 saturated heterocycles. The first kappa shape index (κ1) is 14.4. The third-order valence-electron chi connectivity index (χ3n) is 4.49. The molecule has 0 aromatic heterocycles. The summed E-state index contributed by atoms with van der Waals surface area (Å²) in [4.78, 5) is 2.40. The Kier molecular flexibility index (Phi) is 4.83. The van der Waals surface area contributed by atoms with E-state index in [1.54, 1.807) is 7.11 Å². The summed E-state index contributed by atoms with van der Waals surface area (Å²) in [6.45, 7) is 3.39. The molecule has 1 aliphatic carbocycles. The summed E-state index contributed by atoms with van der Waals surface area (Å²) < 4.78 is 5.18. The van der Waals surface area contributed by atoms with Crippen LogP contribution in [0.1, 0.15) is 37.8 Å². The number of nitrogens with two attached hydrogens (primary N) is 1. The van der Waals surface area contributed by atoms with Crippen LogP contribution in [0.3, 0.4) is 0 Å². The van der Waals surface area contributed by atoms with E-state index in [0.717, 1.165) is 11.7 Å². The molecule has 1 aromatic rings. The van der Waals surface area contributed by atoms with Gasteiger partial charge in [-0.3, -0.25) is 0 Å². The minimum absolute atomic E-state index is 0.0518. The molecule has 1 saturated carbocycles. The smallest absolute Gasteiger partial charge is 0.118 e. The van der Waals surface area contributed by atoms with Crippen molar-refractivity contribution in [3.63, 3.8) is 0 Å². The van der Waals surface area contributed by atoms with E-state index in [4.69, 9.17) is 10.5 Å². The molecular formula is C16H26N2O. The molecule has 19 heavy (non-hydrogen) atoms. The monoisotopic (exact) mass is 262 g/mol. The first-order valence-corrected chi connectivity index (χ1v) is 7.21. The van der Waals surface area contributed by atoms with Crippen molar-refractivity contribution < 1.29 is 4.74 Å². The Hall–Kier alpha value is -1.06. The molecule has 0 spiro atoms. The second kappa shape index (κ2) is 6.40. The first-order valence-electron chi connectivity index (χ1n) is 7.21. The lowest BCUT2D eigenvalue weighted by atomic mass is 9.84. The molecular weight excluding hydrogens is 236 g/mol. The summed E-state index contributed by atoms with van der Waals surface area (Å²) >= 11 is 0. The van der Waals surface area contributed by atoms with E-state index in [2.05, 4.69) is 31.0 Å². The third kappa shape index (κ3) is 3.48. The van der Waals surface area contributed by atoms with Crippen molar-refractivity contribution in [2.24, 2.45) is 11.7 Å². The van der Waals surface area contributed by atoms with Crippen LogP contribution in [0.15, 0.2) is 24.3 Å². The number of ether oxygens (including phenoxy) is 1. The van der Waals surface area contributed by atoms with Gasteiger partial charge in [0.25, 0.3) is 0 Å². The van der Waals surface area contributed by atoms with Gasteiger partial charge in [0.05, 0.1) is 7.11 Å². The Labute approximate surface area is 116 Å². The lowest BCUT2D eigenvalue weighted by Gasteiger charge is -2.35. The largest absolute Gasteiger partial charge is 0.497 e. The minimum Gasteiger partial charge on any atom is -0.497 e. The van der Waals surface area contributed by atoms with Crippen LogP contribution in [0, 0.1) is 5.92 Å². The number of likely N-dealkylation sites (N-methyl/N-ethyl adjacent to an activating group) is 1. The fraction of sp³-hybridized carbons (Fsp3) is 0.625. The van der Waals surface area contributed by atoms with Crippen LogP contribution in [-0.4, -0.2) is 31.6 Å². The molecule has 2 rings (SSSR count). The van der Waals surface area contributed by atoms with E-state index >= 15 is 0 Å². The standard InChI is InChI=1S/C16H26N2O/c1-12(18(2)11-13-5-4-6-13)16(17)14-7-9-15(19-3)10-8-14/h7-10,12-13,16H,4-6,11,17H2,1-3H3. The van der Waals surface area contributed by atoms with Gasteiger partial charge in [-0.05, 0) is 50.4 Å². The Morgan fingerprint density at radius 1 is 1.32 bits per heavy atom. The molecule has 2 N–H and O–H groups in total. The zero-order valence-corrected chi connectivity index (χ0v) is 12.3. The molecule has 1 aliphatic rings. The lowest BCUT2D eigenvalue weighted by Crippen LogP contribution is -2.41. The highest BCUT2D eigenvalue weighted by Crippen LogP contribution is 2.28. The normalized spacial score (nSPS) is 19.0. The summed E-state index contributed by atoms with van der Waals surface area (Å²) in [7, 11) is 3.87. The summed E-state index contributed by atoms with van der Waals surface area (Å²) in [5.74, 6) is 1.77. The van der Waals surface area contributed by atoms with Gasteiger partial charge < -0.3 is 15.4 Å². The van der Waals surface area contributed by atoms with Crippen LogP contribution in [0.2, 0.25) is 0 Å². The van der Waals surface area contributed by atoms with E-state index in [1.165, 1.54) is 31.4 Å². The first-order chi connectivity index (χ1) is 9.11. The summed E-state index contributed by atoms with van der Waals surface area (Å²) in [6, 6.07) is 8.50. The van der Waals surface area contributed by atoms with Gasteiger partial charge in [-0.15, -0.1) is 0 Å². The van der Waals surface area contributed by atoms with E-state index in [0.29, 0.717) is 6.04 Å². The molecule has 0 aliphatic heterocycles. The van der Waals surface area contributed by atoms with Crippen molar-refractivity contribution in [3.8, 4) is 5.75 Å². The molecule has 2 atom stereocenters. The highest BCUT2D eigenvalue weighted by Gasteiger charge is 2.24. The maximum atomic E-state index is 6.38. The lowest BCUT2D eigenvalue weighted by molar-refractivity contribution is 0.154. The van der Waals surface area contributed by atoms with E-state index in [1.807, 2.05) is 12.1 Å². The molecule has 1 aromatic carbocycles. The average molecular weight is 262 g/mol. The van der Waals surface area contributed by atoms with Crippen LogP contribution in [0.25, 0.3) is 0 Å². The molecule has 3 nitrogen and oxygen atoms in total. The molecule has 0 radical (unpaired) electrons. The highest BCUT2D eigenvalue weighted by atomic mass is 16.5. The number of hydrogen-bond donors (Lipinski definition) is 1. The van der Waals surface area contributed by atoms with Gasteiger partial charge in [-0.25, -0.2) is 0 Å². The Morgan fingerprint density at radius 2 is 1.95 bits per heavy atom. The van der Waals surface area contributed by atoms with Crippen LogP contribution in [0.4, 0.5) is 0 Å². The number of nitrogens with zero attached hydrogens (tertiary/aromatic N) is 1. The van der Waals surface area contributed by atoms with E-state index in [9.17, 15) is 0 Å². The zero-order valence-electron chi connectivity index (χ0n) is 12.3. The maximum absolute atomic E-state index is 6.38.